The van der Waals surface area contributed by atoms with Crippen LogP contribution in [0.15, 0.2) is 5.11 Å². The van der Waals surface area contributed by atoms with Gasteiger partial charge in [0.15, 0.2) is 9.84 Å². The summed E-state index contributed by atoms with van der Waals surface area (Å²) < 4.78 is 42.8. The lowest BCUT2D eigenvalue weighted by atomic mass is 10.0. The summed E-state index contributed by atoms with van der Waals surface area (Å²) in [6.07, 6.45) is 3.52. The Morgan fingerprint density at radius 1 is 1.33 bits per heavy atom. The van der Waals surface area contributed by atoms with Crippen LogP contribution < -0.4 is 0 Å². The monoisotopic (exact) mass is 253 g/mol. The van der Waals surface area contributed by atoms with Crippen LogP contribution in [0.4, 0.5) is 0 Å². The second-order valence-electron chi connectivity index (χ2n) is 3.55. The van der Waals surface area contributed by atoms with E-state index in [0.717, 1.165) is 19.3 Å². The number of hydrogen-bond acceptors (Lipinski definition) is 6. The van der Waals surface area contributed by atoms with Gasteiger partial charge in [-0.25, -0.2) is 13.9 Å². The van der Waals surface area contributed by atoms with Crippen molar-refractivity contribution in [3.63, 3.8) is 0 Å². The number of sulfone groups is 1. The van der Waals surface area contributed by atoms with E-state index in [1.54, 1.807) is 0 Å². The van der Waals surface area contributed by atoms with E-state index in [4.69, 9.17) is 5.53 Å². The van der Waals surface area contributed by atoms with Gasteiger partial charge in [-0.3, -0.25) is 4.21 Å². The zero-order valence-corrected chi connectivity index (χ0v) is 9.72. The molecule has 2 atom stereocenters. The van der Waals surface area contributed by atoms with Crippen LogP contribution in [-0.4, -0.2) is 27.1 Å². The molecule has 0 aromatic rings. The van der Waals surface area contributed by atoms with Crippen LogP contribution >= 0.6 is 0 Å². The van der Waals surface area contributed by atoms with Crippen molar-refractivity contribution in [1.29, 1.82) is 5.53 Å². The van der Waals surface area contributed by atoms with Crippen molar-refractivity contribution in [2.45, 2.75) is 42.1 Å². The maximum Gasteiger partial charge on any atom is 0.232 e. The first kappa shape index (κ1) is 12.7. The Morgan fingerprint density at radius 3 is 2.27 bits per heavy atom. The molecule has 0 aromatic carbocycles. The Hall–Kier alpha value is -0.340. The first-order chi connectivity index (χ1) is 7.00. The fourth-order valence-corrected chi connectivity index (χ4v) is 4.68. The van der Waals surface area contributed by atoms with Gasteiger partial charge in [-0.05, 0) is 23.9 Å². The average molecular weight is 253 g/mol. The summed E-state index contributed by atoms with van der Waals surface area (Å²) in [6.45, 7) is 0. The Labute approximate surface area is 91.2 Å². The second-order valence-corrected chi connectivity index (χ2v) is 7.10. The number of hydrogen-bond donors (Lipinski definition) is 1. The van der Waals surface area contributed by atoms with Gasteiger partial charge in [0.25, 0.3) is 0 Å². The SMILES string of the molecule is N=NC(S(=O)[O-])S(=O)(=O)C1CCCCC1. The minimum absolute atomic E-state index is 0.478. The van der Waals surface area contributed by atoms with Gasteiger partial charge in [-0.1, -0.05) is 19.3 Å². The van der Waals surface area contributed by atoms with E-state index in [1.807, 2.05) is 0 Å². The van der Waals surface area contributed by atoms with Crippen LogP contribution in [0, 0.1) is 5.53 Å². The Bertz CT molecular complexity index is 348. The van der Waals surface area contributed by atoms with Crippen molar-refractivity contribution >= 4 is 20.9 Å². The third kappa shape index (κ3) is 2.82. The first-order valence-corrected chi connectivity index (χ1v) is 7.42. The molecule has 0 heterocycles. The zero-order chi connectivity index (χ0) is 11.5. The summed E-state index contributed by atoms with van der Waals surface area (Å²) in [6, 6.07) is 0. The van der Waals surface area contributed by atoms with Gasteiger partial charge in [0.1, 0.15) is 0 Å². The van der Waals surface area contributed by atoms with E-state index in [9.17, 15) is 17.2 Å². The lowest BCUT2D eigenvalue weighted by Crippen LogP contribution is -2.34. The lowest BCUT2D eigenvalue weighted by molar-refractivity contribution is 0.478. The molecule has 8 heteroatoms. The molecule has 0 spiro atoms. The molecular formula is C7H13N2O4S2-. The molecule has 88 valence electrons. The largest absolute Gasteiger partial charge is 0.770 e. The van der Waals surface area contributed by atoms with Gasteiger partial charge in [0.05, 0.1) is 5.25 Å². The normalized spacial score (nSPS) is 23.3. The van der Waals surface area contributed by atoms with Crippen molar-refractivity contribution in [1.82, 2.24) is 0 Å². The molecule has 0 amide bonds. The maximum atomic E-state index is 11.8. The molecule has 1 N–H and O–H groups in total. The van der Waals surface area contributed by atoms with Gasteiger partial charge in [-0.2, -0.15) is 5.11 Å². The lowest BCUT2D eigenvalue weighted by Gasteiger charge is -2.25. The minimum atomic E-state index is -3.84. The van der Waals surface area contributed by atoms with Crippen molar-refractivity contribution in [2.75, 3.05) is 0 Å². The minimum Gasteiger partial charge on any atom is -0.770 e. The van der Waals surface area contributed by atoms with Crippen molar-refractivity contribution in [3.8, 4) is 0 Å². The first-order valence-electron chi connectivity index (χ1n) is 4.67. The molecule has 0 aromatic heterocycles. The number of nitrogens with zero attached hydrogens (tertiary/aromatic N) is 1. The standard InChI is InChI=1S/C7H14N2O4S2/c8-9-7(14(10)11)15(12,13)6-4-2-1-3-5-6/h6-8H,1-5H2,(H,10,11)/p-1. The molecule has 0 saturated heterocycles. The van der Waals surface area contributed by atoms with Gasteiger partial charge in [0, 0.05) is 0 Å². The average Bonchev–Trinajstić information content (AvgIpc) is 2.19. The molecule has 0 radical (unpaired) electrons. The molecule has 6 nitrogen and oxygen atoms in total. The maximum absolute atomic E-state index is 11.8. The molecule has 2 unspecified atom stereocenters. The second kappa shape index (κ2) is 5.13. The number of rotatable bonds is 4. The quantitative estimate of drug-likeness (QED) is 0.593. The molecule has 1 saturated carbocycles. The highest BCUT2D eigenvalue weighted by atomic mass is 32.3. The molecule has 0 aliphatic heterocycles. The highest BCUT2D eigenvalue weighted by Gasteiger charge is 2.35. The van der Waals surface area contributed by atoms with Crippen LogP contribution in [-0.2, 0) is 20.9 Å². The van der Waals surface area contributed by atoms with Gasteiger partial charge >= 0.3 is 0 Å². The van der Waals surface area contributed by atoms with Crippen molar-refractivity contribution in [2.24, 2.45) is 5.11 Å². The third-order valence-corrected chi connectivity index (χ3v) is 6.35. The molecule has 1 aliphatic rings. The molecular weight excluding hydrogens is 240 g/mol. The molecule has 1 fully saturated rings. The summed E-state index contributed by atoms with van der Waals surface area (Å²) in [5.41, 5.74) is 6.62. The van der Waals surface area contributed by atoms with Crippen LogP contribution in [0.1, 0.15) is 32.1 Å². The molecule has 0 bridgehead atoms. The van der Waals surface area contributed by atoms with Gasteiger partial charge in [0.2, 0.25) is 4.71 Å². The van der Waals surface area contributed by atoms with Gasteiger partial charge in [-0.15, -0.1) is 0 Å². The van der Waals surface area contributed by atoms with Crippen LogP contribution in [0.5, 0.6) is 0 Å². The highest BCUT2D eigenvalue weighted by Crippen LogP contribution is 2.27. The molecule has 1 rings (SSSR count). The fraction of sp³-hybridized carbons (Fsp3) is 1.00. The topological polar surface area (TPSA) is 110 Å². The Kier molecular flexibility index (Phi) is 4.35. The predicted molar refractivity (Wildman–Crippen MR) is 53.6 cm³/mol. The van der Waals surface area contributed by atoms with Crippen LogP contribution in [0.2, 0.25) is 0 Å². The summed E-state index contributed by atoms with van der Waals surface area (Å²) in [5.74, 6) is 0. The Balaban J connectivity index is 2.88. The fourth-order valence-electron chi connectivity index (χ4n) is 1.78. The smallest absolute Gasteiger partial charge is 0.232 e. The third-order valence-electron chi connectivity index (χ3n) is 2.57. The van der Waals surface area contributed by atoms with E-state index in [2.05, 4.69) is 5.11 Å². The summed E-state index contributed by atoms with van der Waals surface area (Å²) in [7, 11) is -3.84. The van der Waals surface area contributed by atoms with Gasteiger partial charge < -0.3 is 4.55 Å². The Morgan fingerprint density at radius 2 is 1.87 bits per heavy atom. The van der Waals surface area contributed by atoms with Crippen molar-refractivity contribution < 1.29 is 17.2 Å². The van der Waals surface area contributed by atoms with Crippen LogP contribution in [0.3, 0.4) is 0 Å². The summed E-state index contributed by atoms with van der Waals surface area (Å²) in [5, 5.41) is 2.03. The zero-order valence-electron chi connectivity index (χ0n) is 8.09. The predicted octanol–water partition coefficient (Wildman–Crippen LogP) is 0.928. The van der Waals surface area contributed by atoms with Crippen LogP contribution in [0.25, 0.3) is 0 Å². The van der Waals surface area contributed by atoms with E-state index in [0.29, 0.717) is 12.8 Å². The number of nitrogens with one attached hydrogen (secondary N) is 1. The van der Waals surface area contributed by atoms with E-state index < -0.39 is 30.9 Å². The summed E-state index contributed by atoms with van der Waals surface area (Å²) >= 11 is -2.87. The summed E-state index contributed by atoms with van der Waals surface area (Å²) in [4.78, 5) is 0. The highest BCUT2D eigenvalue weighted by molar-refractivity contribution is 8.04. The van der Waals surface area contributed by atoms with E-state index in [-0.39, 0.29) is 0 Å². The van der Waals surface area contributed by atoms with E-state index in [1.165, 1.54) is 0 Å². The van der Waals surface area contributed by atoms with Crippen molar-refractivity contribution in [3.05, 3.63) is 0 Å². The molecule has 15 heavy (non-hydrogen) atoms. The van der Waals surface area contributed by atoms with E-state index >= 15 is 0 Å². The molecule has 1 aliphatic carbocycles.